The van der Waals surface area contributed by atoms with Crippen LogP contribution in [0.4, 0.5) is 5.69 Å². The van der Waals surface area contributed by atoms with E-state index < -0.39 is 0 Å². The van der Waals surface area contributed by atoms with Gasteiger partial charge in [-0.15, -0.1) is 0 Å². The Morgan fingerprint density at radius 3 is 2.40 bits per heavy atom. The summed E-state index contributed by atoms with van der Waals surface area (Å²) in [5, 5.41) is 6.19. The predicted octanol–water partition coefficient (Wildman–Crippen LogP) is 4.31. The highest BCUT2D eigenvalue weighted by Crippen LogP contribution is 2.34. The Kier molecular flexibility index (Phi) is 10.4. The zero-order valence-electron chi connectivity index (χ0n) is 26.8. The second-order valence-corrected chi connectivity index (χ2v) is 13.0. The summed E-state index contributed by atoms with van der Waals surface area (Å²) >= 11 is 0. The van der Waals surface area contributed by atoms with Gasteiger partial charge < -0.3 is 25.2 Å². The average Bonchev–Trinajstić information content (AvgIpc) is 3.00. The molecule has 3 saturated heterocycles. The van der Waals surface area contributed by atoms with Crippen molar-refractivity contribution >= 4 is 17.5 Å². The molecular weight excluding hydrogens is 538 g/mol. The van der Waals surface area contributed by atoms with Crippen LogP contribution in [0.1, 0.15) is 61.5 Å². The van der Waals surface area contributed by atoms with Crippen LogP contribution in [0.5, 0.6) is 0 Å². The number of ether oxygens (including phenoxy) is 1. The van der Waals surface area contributed by atoms with Gasteiger partial charge in [-0.2, -0.15) is 0 Å². The molecule has 0 aliphatic carbocycles. The first-order valence-corrected chi connectivity index (χ1v) is 16.3. The van der Waals surface area contributed by atoms with Crippen LogP contribution in [-0.4, -0.2) is 93.2 Å². The number of nitrogens with zero attached hydrogens (tertiary/aromatic N) is 3. The van der Waals surface area contributed by atoms with E-state index in [0.29, 0.717) is 18.2 Å². The minimum absolute atomic E-state index is 0.0334. The fourth-order valence-electron chi connectivity index (χ4n) is 7.07. The van der Waals surface area contributed by atoms with Crippen molar-refractivity contribution in [3.8, 4) is 11.1 Å². The van der Waals surface area contributed by atoms with E-state index in [0.717, 1.165) is 94.1 Å². The van der Waals surface area contributed by atoms with E-state index in [2.05, 4.69) is 83.5 Å². The number of hydrogen-bond donors (Lipinski definition) is 2. The maximum atomic E-state index is 13.8. The number of carbonyl (C=O) groups is 2. The van der Waals surface area contributed by atoms with Gasteiger partial charge >= 0.3 is 0 Å². The molecule has 3 fully saturated rings. The van der Waals surface area contributed by atoms with Crippen LogP contribution >= 0.6 is 0 Å². The van der Waals surface area contributed by atoms with E-state index in [4.69, 9.17) is 4.74 Å². The molecule has 2 N–H and O–H groups in total. The fraction of sp³-hybridized carbons (Fsp3) is 0.600. The average molecular weight is 590 g/mol. The second-order valence-electron chi connectivity index (χ2n) is 13.0. The zero-order chi connectivity index (χ0) is 30.5. The summed E-state index contributed by atoms with van der Waals surface area (Å²) in [5.74, 6) is -0.0779. The van der Waals surface area contributed by atoms with Gasteiger partial charge in [0, 0.05) is 82.4 Å². The summed E-state index contributed by atoms with van der Waals surface area (Å²) in [5.41, 5.74) is 6.23. The Labute approximate surface area is 258 Å². The van der Waals surface area contributed by atoms with Gasteiger partial charge in [-0.25, -0.2) is 0 Å². The molecule has 8 heteroatoms. The highest BCUT2D eigenvalue weighted by molar-refractivity contribution is 5.99. The largest absolute Gasteiger partial charge is 0.381 e. The number of carbonyl (C=O) groups excluding carboxylic acids is 2. The molecule has 43 heavy (non-hydrogen) atoms. The number of hydrogen-bond acceptors (Lipinski definition) is 6. The van der Waals surface area contributed by atoms with Gasteiger partial charge in [0.1, 0.15) is 0 Å². The van der Waals surface area contributed by atoms with Gasteiger partial charge in [-0.1, -0.05) is 31.2 Å². The molecule has 3 unspecified atom stereocenters. The normalized spacial score (nSPS) is 24.0. The number of benzene rings is 2. The molecule has 3 aliphatic rings. The lowest BCUT2D eigenvalue weighted by atomic mass is 9.84. The van der Waals surface area contributed by atoms with E-state index in [1.807, 2.05) is 13.0 Å². The van der Waals surface area contributed by atoms with Crippen molar-refractivity contribution in [2.75, 3.05) is 64.4 Å². The first-order chi connectivity index (χ1) is 20.7. The lowest BCUT2D eigenvalue weighted by molar-refractivity contribution is -0.129. The van der Waals surface area contributed by atoms with Gasteiger partial charge in [-0.05, 0) is 87.4 Å². The molecular formula is C35H51N5O3. The van der Waals surface area contributed by atoms with Gasteiger partial charge in [0.25, 0.3) is 5.91 Å². The number of piperazine rings is 1. The molecule has 0 radical (unpaired) electrons. The van der Waals surface area contributed by atoms with Crippen molar-refractivity contribution in [1.29, 1.82) is 0 Å². The smallest absolute Gasteiger partial charge is 0.251 e. The maximum Gasteiger partial charge on any atom is 0.251 e. The SMILES string of the molecule is CCN(c1cc(-c2ccc(CN3CCN(C)CC3)cc2)cc(C(=O)NCC2C(=O)NC(C)CC2C)c1C)C1CCOCC1. The quantitative estimate of drug-likeness (QED) is 0.454. The molecule has 3 aliphatic heterocycles. The third kappa shape index (κ3) is 7.59. The van der Waals surface area contributed by atoms with Crippen molar-refractivity contribution in [3.05, 3.63) is 53.1 Å². The molecule has 5 rings (SSSR count). The van der Waals surface area contributed by atoms with Crippen LogP contribution in [0.2, 0.25) is 0 Å². The monoisotopic (exact) mass is 589 g/mol. The summed E-state index contributed by atoms with van der Waals surface area (Å²) in [4.78, 5) is 33.9. The Balaban J connectivity index is 1.41. The standard InChI is InChI=1S/C35H51N5O3/c1-6-40(30-11-17-43-18-12-30)33-21-29(28-9-7-27(8-10-28)23-39-15-13-38(5)14-16-39)20-31(26(33)4)34(41)36-22-32-24(2)19-25(3)37-35(32)42/h7-10,20-21,24-25,30,32H,6,11-19,22-23H2,1-5H3,(H,36,41)(H,37,42). The third-order valence-corrected chi connectivity index (χ3v) is 9.82. The van der Waals surface area contributed by atoms with Crippen molar-refractivity contribution in [2.24, 2.45) is 11.8 Å². The molecule has 2 aromatic rings. The number of rotatable bonds is 9. The number of amides is 2. The summed E-state index contributed by atoms with van der Waals surface area (Å²) in [6.07, 6.45) is 2.88. The molecule has 234 valence electrons. The van der Waals surface area contributed by atoms with E-state index in [1.54, 1.807) is 0 Å². The topological polar surface area (TPSA) is 77.2 Å². The third-order valence-electron chi connectivity index (χ3n) is 9.82. The van der Waals surface area contributed by atoms with Gasteiger partial charge in [0.2, 0.25) is 5.91 Å². The number of nitrogens with one attached hydrogen (secondary N) is 2. The molecule has 0 bridgehead atoms. The summed E-state index contributed by atoms with van der Waals surface area (Å²) in [6.45, 7) is 16.5. The molecule has 3 atom stereocenters. The summed E-state index contributed by atoms with van der Waals surface area (Å²) in [7, 11) is 2.19. The van der Waals surface area contributed by atoms with Crippen molar-refractivity contribution < 1.29 is 14.3 Å². The molecule has 0 spiro atoms. The van der Waals surface area contributed by atoms with Crippen LogP contribution in [0, 0.1) is 18.8 Å². The molecule has 8 nitrogen and oxygen atoms in total. The Hall–Kier alpha value is -2.94. The van der Waals surface area contributed by atoms with Gasteiger partial charge in [-0.3, -0.25) is 14.5 Å². The maximum absolute atomic E-state index is 13.8. The number of likely N-dealkylation sites (N-methyl/N-ethyl adjacent to an activating group) is 1. The van der Waals surface area contributed by atoms with Crippen molar-refractivity contribution in [1.82, 2.24) is 20.4 Å². The molecule has 3 heterocycles. The highest BCUT2D eigenvalue weighted by Gasteiger charge is 2.33. The van der Waals surface area contributed by atoms with Crippen LogP contribution in [-0.2, 0) is 16.1 Å². The Bertz CT molecular complexity index is 1250. The van der Waals surface area contributed by atoms with Crippen molar-refractivity contribution in [2.45, 2.75) is 65.6 Å². The lowest BCUT2D eigenvalue weighted by Gasteiger charge is -2.37. The number of piperidine rings is 1. The summed E-state index contributed by atoms with van der Waals surface area (Å²) < 4.78 is 5.67. The minimum atomic E-state index is -0.217. The van der Waals surface area contributed by atoms with Crippen LogP contribution in [0.15, 0.2) is 36.4 Å². The predicted molar refractivity (Wildman–Crippen MR) is 173 cm³/mol. The van der Waals surface area contributed by atoms with E-state index in [9.17, 15) is 9.59 Å². The zero-order valence-corrected chi connectivity index (χ0v) is 26.8. The summed E-state index contributed by atoms with van der Waals surface area (Å²) in [6, 6.07) is 13.7. The van der Waals surface area contributed by atoms with Crippen LogP contribution in [0.25, 0.3) is 11.1 Å². The molecule has 2 aromatic carbocycles. The first kappa shape index (κ1) is 31.5. The van der Waals surface area contributed by atoms with E-state index >= 15 is 0 Å². The molecule has 0 saturated carbocycles. The molecule has 0 aromatic heterocycles. The van der Waals surface area contributed by atoms with Crippen molar-refractivity contribution in [3.63, 3.8) is 0 Å². The first-order valence-electron chi connectivity index (χ1n) is 16.3. The van der Waals surface area contributed by atoms with Gasteiger partial charge in [0.05, 0.1) is 5.92 Å². The Morgan fingerprint density at radius 2 is 1.74 bits per heavy atom. The number of anilines is 1. The van der Waals surface area contributed by atoms with Gasteiger partial charge in [0.15, 0.2) is 0 Å². The van der Waals surface area contributed by atoms with Crippen LogP contribution in [0.3, 0.4) is 0 Å². The van der Waals surface area contributed by atoms with E-state index in [-0.39, 0.29) is 29.7 Å². The fourth-order valence-corrected chi connectivity index (χ4v) is 7.07. The highest BCUT2D eigenvalue weighted by atomic mass is 16.5. The molecule has 2 amide bonds. The van der Waals surface area contributed by atoms with Crippen LogP contribution < -0.4 is 15.5 Å². The second kappa shape index (κ2) is 14.2. The lowest BCUT2D eigenvalue weighted by Crippen LogP contribution is -2.50. The Morgan fingerprint density at radius 1 is 1.05 bits per heavy atom. The minimum Gasteiger partial charge on any atom is -0.381 e. The van der Waals surface area contributed by atoms with E-state index in [1.165, 1.54) is 5.56 Å².